The molecule has 0 radical (unpaired) electrons. The van der Waals surface area contributed by atoms with E-state index in [4.69, 9.17) is 5.73 Å². The zero-order chi connectivity index (χ0) is 11.8. The SMILES string of the molecule is CCc1ccc(C(N)CC2CC3CCC2C3)s1. The van der Waals surface area contributed by atoms with E-state index in [-0.39, 0.29) is 0 Å². The van der Waals surface area contributed by atoms with Crippen molar-refractivity contribution < 1.29 is 0 Å². The predicted octanol–water partition coefficient (Wildman–Crippen LogP) is 4.14. The Morgan fingerprint density at radius 1 is 1.35 bits per heavy atom. The van der Waals surface area contributed by atoms with Gasteiger partial charge in [0.1, 0.15) is 0 Å². The second kappa shape index (κ2) is 4.74. The molecule has 0 aliphatic heterocycles. The third kappa shape index (κ3) is 2.30. The number of aryl methyl sites for hydroxylation is 1. The Balaban J connectivity index is 1.61. The highest BCUT2D eigenvalue weighted by Crippen LogP contribution is 2.50. The van der Waals surface area contributed by atoms with E-state index in [1.807, 2.05) is 11.3 Å². The van der Waals surface area contributed by atoms with Crippen LogP contribution in [-0.2, 0) is 6.42 Å². The molecule has 1 aromatic rings. The molecule has 2 heteroatoms. The lowest BCUT2D eigenvalue weighted by Gasteiger charge is -2.24. The molecule has 1 heterocycles. The van der Waals surface area contributed by atoms with E-state index in [1.54, 1.807) is 0 Å². The Labute approximate surface area is 108 Å². The second-order valence-electron chi connectivity index (χ2n) is 5.93. The predicted molar refractivity (Wildman–Crippen MR) is 74.2 cm³/mol. The zero-order valence-electron chi connectivity index (χ0n) is 10.7. The van der Waals surface area contributed by atoms with E-state index in [0.717, 1.165) is 24.2 Å². The monoisotopic (exact) mass is 249 g/mol. The summed E-state index contributed by atoms with van der Waals surface area (Å²) in [7, 11) is 0. The van der Waals surface area contributed by atoms with Crippen molar-refractivity contribution >= 4 is 11.3 Å². The summed E-state index contributed by atoms with van der Waals surface area (Å²) in [5.74, 6) is 2.99. The van der Waals surface area contributed by atoms with Gasteiger partial charge < -0.3 is 5.73 Å². The van der Waals surface area contributed by atoms with Gasteiger partial charge in [0.25, 0.3) is 0 Å². The first-order valence-electron chi connectivity index (χ1n) is 7.10. The fourth-order valence-corrected chi connectivity index (χ4v) is 4.86. The van der Waals surface area contributed by atoms with Gasteiger partial charge in [-0.1, -0.05) is 13.3 Å². The number of fused-ring (bicyclic) bond motifs is 2. The largest absolute Gasteiger partial charge is 0.323 e. The lowest BCUT2D eigenvalue weighted by atomic mass is 9.84. The fourth-order valence-electron chi connectivity index (χ4n) is 3.89. The maximum Gasteiger partial charge on any atom is 0.0392 e. The molecule has 2 N–H and O–H groups in total. The van der Waals surface area contributed by atoms with Crippen LogP contribution >= 0.6 is 11.3 Å². The third-order valence-corrected chi connectivity index (χ3v) is 6.20. The van der Waals surface area contributed by atoms with Crippen LogP contribution in [0.4, 0.5) is 0 Å². The topological polar surface area (TPSA) is 26.0 Å². The molecule has 4 unspecified atom stereocenters. The van der Waals surface area contributed by atoms with Crippen molar-refractivity contribution in [3.63, 3.8) is 0 Å². The molecule has 0 amide bonds. The van der Waals surface area contributed by atoms with Gasteiger partial charge in [-0.3, -0.25) is 0 Å². The Morgan fingerprint density at radius 3 is 2.82 bits per heavy atom. The maximum atomic E-state index is 6.39. The van der Waals surface area contributed by atoms with Crippen LogP contribution in [0.1, 0.15) is 54.8 Å². The molecule has 2 aliphatic carbocycles. The summed E-state index contributed by atoms with van der Waals surface area (Å²) in [6, 6.07) is 4.80. The summed E-state index contributed by atoms with van der Waals surface area (Å²) >= 11 is 1.92. The van der Waals surface area contributed by atoms with Crippen LogP contribution < -0.4 is 5.73 Å². The van der Waals surface area contributed by atoms with Crippen molar-refractivity contribution in [3.8, 4) is 0 Å². The minimum Gasteiger partial charge on any atom is -0.323 e. The molecule has 0 aromatic carbocycles. The normalized spacial score (nSPS) is 33.2. The first kappa shape index (κ1) is 11.7. The molecular weight excluding hydrogens is 226 g/mol. The van der Waals surface area contributed by atoms with E-state index in [2.05, 4.69) is 19.1 Å². The van der Waals surface area contributed by atoms with Gasteiger partial charge in [-0.2, -0.15) is 0 Å². The van der Waals surface area contributed by atoms with Crippen molar-refractivity contribution in [3.05, 3.63) is 21.9 Å². The average molecular weight is 249 g/mol. The molecule has 2 fully saturated rings. The summed E-state index contributed by atoms with van der Waals surface area (Å²) in [5, 5.41) is 0. The van der Waals surface area contributed by atoms with Crippen LogP contribution in [0, 0.1) is 17.8 Å². The van der Waals surface area contributed by atoms with Gasteiger partial charge in [-0.05, 0) is 62.0 Å². The number of hydrogen-bond donors (Lipinski definition) is 1. The molecule has 0 spiro atoms. The van der Waals surface area contributed by atoms with E-state index in [9.17, 15) is 0 Å². The van der Waals surface area contributed by atoms with Crippen molar-refractivity contribution in [2.75, 3.05) is 0 Å². The molecule has 2 bridgehead atoms. The van der Waals surface area contributed by atoms with E-state index in [1.165, 1.54) is 41.9 Å². The van der Waals surface area contributed by atoms with Crippen LogP contribution in [0.3, 0.4) is 0 Å². The van der Waals surface area contributed by atoms with Crippen LogP contribution in [-0.4, -0.2) is 0 Å². The van der Waals surface area contributed by atoms with Gasteiger partial charge in [-0.15, -0.1) is 11.3 Å². The number of thiophene rings is 1. The minimum absolute atomic E-state index is 0.296. The lowest BCUT2D eigenvalue weighted by Crippen LogP contribution is -2.18. The third-order valence-electron chi connectivity index (χ3n) is 4.84. The first-order chi connectivity index (χ1) is 8.26. The van der Waals surface area contributed by atoms with Gasteiger partial charge in [-0.25, -0.2) is 0 Å². The Bertz CT molecular complexity index is 384. The van der Waals surface area contributed by atoms with Crippen molar-refractivity contribution in [2.24, 2.45) is 23.5 Å². The zero-order valence-corrected chi connectivity index (χ0v) is 11.5. The van der Waals surface area contributed by atoms with Crippen LogP contribution in [0.15, 0.2) is 12.1 Å². The van der Waals surface area contributed by atoms with Gasteiger partial charge >= 0.3 is 0 Å². The first-order valence-corrected chi connectivity index (χ1v) is 7.92. The van der Waals surface area contributed by atoms with Crippen LogP contribution in [0.5, 0.6) is 0 Å². The smallest absolute Gasteiger partial charge is 0.0392 e. The molecule has 2 aliphatic rings. The van der Waals surface area contributed by atoms with Crippen molar-refractivity contribution in [1.29, 1.82) is 0 Å². The van der Waals surface area contributed by atoms with Crippen LogP contribution in [0.25, 0.3) is 0 Å². The molecule has 4 atom stereocenters. The average Bonchev–Trinajstić information content (AvgIpc) is 3.04. The highest BCUT2D eigenvalue weighted by Gasteiger charge is 2.39. The molecule has 3 rings (SSSR count). The summed E-state index contributed by atoms with van der Waals surface area (Å²) in [5.41, 5.74) is 6.39. The van der Waals surface area contributed by atoms with Gasteiger partial charge in [0.05, 0.1) is 0 Å². The quantitative estimate of drug-likeness (QED) is 0.853. The number of nitrogens with two attached hydrogens (primary N) is 1. The molecule has 17 heavy (non-hydrogen) atoms. The minimum atomic E-state index is 0.296. The van der Waals surface area contributed by atoms with E-state index < -0.39 is 0 Å². The highest BCUT2D eigenvalue weighted by atomic mass is 32.1. The second-order valence-corrected chi connectivity index (χ2v) is 7.13. The highest BCUT2D eigenvalue weighted by molar-refractivity contribution is 7.12. The fraction of sp³-hybridized carbons (Fsp3) is 0.733. The van der Waals surface area contributed by atoms with Gasteiger partial charge in [0.15, 0.2) is 0 Å². The van der Waals surface area contributed by atoms with E-state index >= 15 is 0 Å². The summed E-state index contributed by atoms with van der Waals surface area (Å²) < 4.78 is 0. The standard InChI is InChI=1S/C15H23NS/c1-2-13-5-6-15(17-13)14(16)9-12-8-10-3-4-11(12)7-10/h5-6,10-12,14H,2-4,7-9,16H2,1H3. The molecular formula is C15H23NS. The number of rotatable bonds is 4. The van der Waals surface area contributed by atoms with Crippen molar-refractivity contribution in [1.82, 2.24) is 0 Å². The summed E-state index contributed by atoms with van der Waals surface area (Å²) in [6.07, 6.45) is 8.31. The summed E-state index contributed by atoms with van der Waals surface area (Å²) in [6.45, 7) is 2.22. The Kier molecular flexibility index (Phi) is 3.27. The Morgan fingerprint density at radius 2 is 2.24 bits per heavy atom. The Hall–Kier alpha value is -0.340. The van der Waals surface area contributed by atoms with Gasteiger partial charge in [0, 0.05) is 15.8 Å². The summed E-state index contributed by atoms with van der Waals surface area (Å²) in [4.78, 5) is 2.88. The number of hydrogen-bond acceptors (Lipinski definition) is 2. The lowest BCUT2D eigenvalue weighted by molar-refractivity contribution is 0.297. The molecule has 94 valence electrons. The van der Waals surface area contributed by atoms with E-state index in [0.29, 0.717) is 6.04 Å². The maximum absolute atomic E-state index is 6.39. The van der Waals surface area contributed by atoms with Gasteiger partial charge in [0.2, 0.25) is 0 Å². The molecule has 0 saturated heterocycles. The molecule has 1 aromatic heterocycles. The molecule has 2 saturated carbocycles. The molecule has 1 nitrogen and oxygen atoms in total. The van der Waals surface area contributed by atoms with Crippen molar-refractivity contribution in [2.45, 2.75) is 51.5 Å². The van der Waals surface area contributed by atoms with Crippen LogP contribution in [0.2, 0.25) is 0 Å².